The smallest absolute Gasteiger partial charge is 0.191 e. The fourth-order valence-corrected chi connectivity index (χ4v) is 3.86. The van der Waals surface area contributed by atoms with Crippen molar-refractivity contribution in [2.45, 2.75) is 32.4 Å². The molecule has 0 spiro atoms. The first-order chi connectivity index (χ1) is 14.2. The van der Waals surface area contributed by atoms with E-state index in [2.05, 4.69) is 64.1 Å². The fourth-order valence-electron chi connectivity index (χ4n) is 3.86. The topological polar surface area (TPSA) is 70.7 Å². The number of hydrogen-bond donors (Lipinski definition) is 3. The third-order valence-corrected chi connectivity index (χ3v) is 5.33. The highest BCUT2D eigenvalue weighted by Gasteiger charge is 2.21. The van der Waals surface area contributed by atoms with Gasteiger partial charge in [0.15, 0.2) is 5.96 Å². The Morgan fingerprint density at radius 1 is 1.23 bits per heavy atom. The monoisotopic (exact) mass is 520 g/mol. The van der Waals surface area contributed by atoms with E-state index in [-0.39, 0.29) is 30.1 Å². The average molecular weight is 520 g/mol. The third-order valence-electron chi connectivity index (χ3n) is 5.33. The Balaban J connectivity index is 0.00000256. The van der Waals surface area contributed by atoms with Gasteiger partial charge in [0.1, 0.15) is 17.6 Å². The van der Waals surface area contributed by atoms with Crippen LogP contribution in [0.5, 0.6) is 11.5 Å². The third kappa shape index (κ3) is 4.83. The molecular weight excluding hydrogens is 491 g/mol. The number of para-hydroxylation sites is 1. The molecule has 0 aliphatic carbocycles. The highest BCUT2D eigenvalue weighted by atomic mass is 127. The molecule has 1 aliphatic heterocycles. The van der Waals surface area contributed by atoms with E-state index < -0.39 is 0 Å². The molecule has 160 valence electrons. The van der Waals surface area contributed by atoms with Gasteiger partial charge in [0.05, 0.1) is 7.11 Å². The Kier molecular flexibility index (Phi) is 7.47. The molecule has 0 bridgehead atoms. The molecule has 1 atom stereocenters. The normalized spacial score (nSPS) is 15.3. The molecule has 6 nitrogen and oxygen atoms in total. The maximum atomic E-state index is 5.89. The van der Waals surface area contributed by atoms with Crippen LogP contribution >= 0.6 is 24.0 Å². The Bertz CT molecular complexity index is 1030. The minimum Gasteiger partial charge on any atom is -0.496 e. The van der Waals surface area contributed by atoms with Crippen LogP contribution in [-0.2, 0) is 19.4 Å². The van der Waals surface area contributed by atoms with Crippen molar-refractivity contribution in [1.82, 2.24) is 15.6 Å². The van der Waals surface area contributed by atoms with Gasteiger partial charge in [0, 0.05) is 54.8 Å². The van der Waals surface area contributed by atoms with E-state index in [9.17, 15) is 0 Å². The van der Waals surface area contributed by atoms with E-state index in [4.69, 9.17) is 9.47 Å². The molecule has 1 unspecified atom stereocenters. The van der Waals surface area contributed by atoms with Gasteiger partial charge in [-0.25, -0.2) is 0 Å². The molecule has 1 aliphatic rings. The Labute approximate surface area is 194 Å². The summed E-state index contributed by atoms with van der Waals surface area (Å²) in [5.41, 5.74) is 4.74. The number of ether oxygens (including phenoxy) is 2. The summed E-state index contributed by atoms with van der Waals surface area (Å²) in [5.74, 6) is 2.60. The molecule has 3 N–H and O–H groups in total. The van der Waals surface area contributed by atoms with Gasteiger partial charge in [-0.3, -0.25) is 4.99 Å². The molecular formula is C23H29IN4O2. The van der Waals surface area contributed by atoms with Crippen molar-refractivity contribution < 1.29 is 9.47 Å². The Morgan fingerprint density at radius 2 is 2.07 bits per heavy atom. The quantitative estimate of drug-likeness (QED) is 0.261. The summed E-state index contributed by atoms with van der Waals surface area (Å²) in [4.78, 5) is 7.66. The van der Waals surface area contributed by atoms with Crippen molar-refractivity contribution in [3.05, 3.63) is 59.3 Å². The fraction of sp³-hybridized carbons (Fsp3) is 0.348. The second kappa shape index (κ2) is 10.1. The van der Waals surface area contributed by atoms with Gasteiger partial charge in [-0.05, 0) is 37.1 Å². The first-order valence-corrected chi connectivity index (χ1v) is 10.0. The Hall–Kier alpha value is -2.42. The molecule has 0 fully saturated rings. The summed E-state index contributed by atoms with van der Waals surface area (Å²) in [6, 6.07) is 12.5. The summed E-state index contributed by atoms with van der Waals surface area (Å²) in [6.45, 7) is 3.49. The molecule has 4 rings (SSSR count). The summed E-state index contributed by atoms with van der Waals surface area (Å²) < 4.78 is 11.5. The lowest BCUT2D eigenvalue weighted by Crippen LogP contribution is -2.37. The van der Waals surface area contributed by atoms with E-state index in [1.54, 1.807) is 14.2 Å². The predicted octanol–water partition coefficient (Wildman–Crippen LogP) is 4.03. The first-order valence-electron chi connectivity index (χ1n) is 10.0. The van der Waals surface area contributed by atoms with E-state index in [1.807, 2.05) is 6.07 Å². The first kappa shape index (κ1) is 22.3. The van der Waals surface area contributed by atoms with Gasteiger partial charge in [-0.1, -0.05) is 18.2 Å². The summed E-state index contributed by atoms with van der Waals surface area (Å²) in [5, 5.41) is 8.04. The highest BCUT2D eigenvalue weighted by molar-refractivity contribution is 14.0. The molecule has 2 aromatic carbocycles. The highest BCUT2D eigenvalue weighted by Crippen LogP contribution is 2.34. The minimum atomic E-state index is 0. The number of nitrogens with zero attached hydrogens (tertiary/aromatic N) is 1. The minimum absolute atomic E-state index is 0. The number of nitrogens with one attached hydrogen (secondary N) is 3. The zero-order valence-electron chi connectivity index (χ0n) is 17.6. The van der Waals surface area contributed by atoms with Gasteiger partial charge in [-0.2, -0.15) is 0 Å². The lowest BCUT2D eigenvalue weighted by Gasteiger charge is -2.15. The van der Waals surface area contributed by atoms with Crippen LogP contribution in [0.25, 0.3) is 10.9 Å². The molecule has 1 aromatic heterocycles. The van der Waals surface area contributed by atoms with Crippen molar-refractivity contribution in [2.24, 2.45) is 4.99 Å². The largest absolute Gasteiger partial charge is 0.496 e. The maximum absolute atomic E-state index is 5.89. The lowest BCUT2D eigenvalue weighted by molar-refractivity contribution is 0.254. The van der Waals surface area contributed by atoms with Gasteiger partial charge in [0.2, 0.25) is 0 Å². The van der Waals surface area contributed by atoms with E-state index in [1.165, 1.54) is 22.0 Å². The number of benzene rings is 2. The number of H-pyrrole nitrogens is 1. The molecule has 0 saturated heterocycles. The second-order valence-electron chi connectivity index (χ2n) is 7.37. The number of hydrogen-bond acceptors (Lipinski definition) is 3. The van der Waals surface area contributed by atoms with E-state index in [0.29, 0.717) is 6.54 Å². The number of fused-ring (bicyclic) bond motifs is 2. The second-order valence-corrected chi connectivity index (χ2v) is 7.37. The zero-order chi connectivity index (χ0) is 20.2. The molecule has 7 heteroatoms. The van der Waals surface area contributed by atoms with Gasteiger partial charge < -0.3 is 25.1 Å². The number of rotatable bonds is 6. The molecule has 30 heavy (non-hydrogen) atoms. The van der Waals surface area contributed by atoms with Crippen LogP contribution < -0.4 is 20.1 Å². The van der Waals surface area contributed by atoms with Gasteiger partial charge >= 0.3 is 0 Å². The molecule has 3 aromatic rings. The summed E-state index contributed by atoms with van der Waals surface area (Å²) in [6.07, 6.45) is 4.14. The van der Waals surface area contributed by atoms with Crippen molar-refractivity contribution in [3.63, 3.8) is 0 Å². The van der Waals surface area contributed by atoms with Crippen molar-refractivity contribution in [3.8, 4) is 11.5 Å². The van der Waals surface area contributed by atoms with E-state index in [0.717, 1.165) is 42.4 Å². The summed E-state index contributed by atoms with van der Waals surface area (Å²) in [7, 11) is 3.49. The molecule has 2 heterocycles. The van der Waals surface area contributed by atoms with Crippen LogP contribution in [0.2, 0.25) is 0 Å². The maximum Gasteiger partial charge on any atom is 0.191 e. The van der Waals surface area contributed by atoms with Gasteiger partial charge in [0.25, 0.3) is 0 Å². The molecule has 0 amide bonds. The standard InChI is InChI=1S/C23H28N4O2.HI/c1-15-10-17-11-21(28-3)18(12-22(17)29-15)14-27-23(24-2)25-9-8-16-13-26-20-7-5-4-6-19(16)20;/h4-7,11-13,15,26H,8-10,14H2,1-3H3,(H2,24,25,27);1H. The van der Waals surface area contributed by atoms with Crippen molar-refractivity contribution >= 4 is 40.8 Å². The Morgan fingerprint density at radius 3 is 2.87 bits per heavy atom. The van der Waals surface area contributed by atoms with Crippen molar-refractivity contribution in [2.75, 3.05) is 20.7 Å². The average Bonchev–Trinajstić information content (AvgIpc) is 3.31. The van der Waals surface area contributed by atoms with Gasteiger partial charge in [-0.15, -0.1) is 24.0 Å². The van der Waals surface area contributed by atoms with Crippen LogP contribution in [0.4, 0.5) is 0 Å². The number of aliphatic imine (C=N–C) groups is 1. The van der Waals surface area contributed by atoms with Crippen LogP contribution in [-0.4, -0.2) is 37.7 Å². The SMILES string of the molecule is CN=C(NCCc1c[nH]c2ccccc12)NCc1cc2c(cc1OC)CC(C)O2.I. The van der Waals surface area contributed by atoms with E-state index >= 15 is 0 Å². The number of guanidine groups is 1. The predicted molar refractivity (Wildman–Crippen MR) is 132 cm³/mol. The molecule has 0 saturated carbocycles. The van der Waals surface area contributed by atoms with Crippen LogP contribution in [0, 0.1) is 0 Å². The number of halogens is 1. The van der Waals surface area contributed by atoms with Crippen LogP contribution in [0.3, 0.4) is 0 Å². The number of aromatic amines is 1. The number of methoxy groups -OCH3 is 1. The number of aromatic nitrogens is 1. The lowest BCUT2D eigenvalue weighted by atomic mass is 10.1. The summed E-state index contributed by atoms with van der Waals surface area (Å²) >= 11 is 0. The zero-order valence-corrected chi connectivity index (χ0v) is 19.9. The molecule has 0 radical (unpaired) electrons. The van der Waals surface area contributed by atoms with Crippen LogP contribution in [0.15, 0.2) is 47.6 Å². The van der Waals surface area contributed by atoms with Crippen LogP contribution in [0.1, 0.15) is 23.6 Å². The van der Waals surface area contributed by atoms with Crippen molar-refractivity contribution in [1.29, 1.82) is 0 Å².